The first-order chi connectivity index (χ1) is 20.1. The molecule has 9 nitrogen and oxygen atoms in total. The molecule has 0 saturated carbocycles. The number of benzene rings is 3. The monoisotopic (exact) mass is 645 g/mol. The lowest BCUT2D eigenvalue weighted by atomic mass is 10.0. The van der Waals surface area contributed by atoms with Gasteiger partial charge in [-0.15, -0.1) is 4.99 Å². The van der Waals surface area contributed by atoms with Crippen molar-refractivity contribution in [2.75, 3.05) is 18.4 Å². The molecule has 0 bridgehead atoms. The number of hydrogen-bond acceptors (Lipinski definition) is 5. The summed E-state index contributed by atoms with van der Waals surface area (Å²) in [4.78, 5) is 32.1. The predicted molar refractivity (Wildman–Crippen MR) is 176 cm³/mol. The fraction of sp³-hybridized carbons (Fsp3) is 0.323. The summed E-state index contributed by atoms with van der Waals surface area (Å²) in [5.74, 6) is -0.0955. The van der Waals surface area contributed by atoms with Gasteiger partial charge in [-0.05, 0) is 83.5 Å². The van der Waals surface area contributed by atoms with Crippen LogP contribution in [-0.2, 0) is 9.47 Å². The highest BCUT2D eigenvalue weighted by Crippen LogP contribution is 2.38. The van der Waals surface area contributed by atoms with Crippen molar-refractivity contribution >= 4 is 80.4 Å². The van der Waals surface area contributed by atoms with Gasteiger partial charge >= 0.3 is 12.2 Å². The number of aliphatic imine (C=N–C) groups is 1. The first kappa shape index (κ1) is 32.3. The van der Waals surface area contributed by atoms with E-state index in [2.05, 4.69) is 32.0 Å². The van der Waals surface area contributed by atoms with Gasteiger partial charge in [-0.3, -0.25) is 5.32 Å². The van der Waals surface area contributed by atoms with E-state index in [1.165, 1.54) is 0 Å². The van der Waals surface area contributed by atoms with Crippen molar-refractivity contribution in [2.45, 2.75) is 52.7 Å². The number of halogens is 3. The standard InChI is InChI=1S/C31H34Cl3N5O4/c1-30(2,3)42-28(40)38-27(39-29(41)43-31(4,5)6)36-12-11-35-24-15-21-20-13-22(33)23(34)16-26(20)37-25(21)14-19(24)17-7-9-18(32)10-8-17/h7-10,13-16,35,37H,11-12H2,1-6H3,(H2,36,38,39,40,41). The van der Waals surface area contributed by atoms with E-state index in [1.807, 2.05) is 36.4 Å². The zero-order chi connectivity index (χ0) is 31.5. The minimum Gasteiger partial charge on any atom is -0.444 e. The second-order valence-corrected chi connectivity index (χ2v) is 13.1. The van der Waals surface area contributed by atoms with Crippen molar-refractivity contribution in [3.8, 4) is 11.1 Å². The van der Waals surface area contributed by atoms with E-state index in [1.54, 1.807) is 47.6 Å². The van der Waals surface area contributed by atoms with Crippen molar-refractivity contribution in [3.63, 3.8) is 0 Å². The smallest absolute Gasteiger partial charge is 0.437 e. The fourth-order valence-corrected chi connectivity index (χ4v) is 4.68. The van der Waals surface area contributed by atoms with Crippen LogP contribution in [0.3, 0.4) is 0 Å². The quantitative estimate of drug-likeness (QED) is 0.0978. The number of hydrogen-bond donors (Lipinski definition) is 4. The third-order valence-electron chi connectivity index (χ3n) is 5.88. The summed E-state index contributed by atoms with van der Waals surface area (Å²) >= 11 is 18.8. The minimum absolute atomic E-state index is 0.0955. The van der Waals surface area contributed by atoms with Gasteiger partial charge in [-0.25, -0.2) is 9.59 Å². The van der Waals surface area contributed by atoms with Crippen molar-refractivity contribution < 1.29 is 19.1 Å². The number of aromatic nitrogens is 1. The van der Waals surface area contributed by atoms with Crippen LogP contribution in [0.5, 0.6) is 0 Å². The molecule has 4 N–H and O–H groups in total. The number of guanidine groups is 1. The second-order valence-electron chi connectivity index (χ2n) is 11.8. The molecule has 4 aromatic rings. The molecule has 228 valence electrons. The molecule has 0 fully saturated rings. The molecule has 0 aliphatic heterocycles. The third-order valence-corrected chi connectivity index (χ3v) is 6.86. The second kappa shape index (κ2) is 12.9. The van der Waals surface area contributed by atoms with E-state index >= 15 is 0 Å². The van der Waals surface area contributed by atoms with Crippen LogP contribution < -0.4 is 16.0 Å². The molecule has 12 heteroatoms. The van der Waals surface area contributed by atoms with Gasteiger partial charge in [-0.2, -0.15) is 0 Å². The van der Waals surface area contributed by atoms with Gasteiger partial charge in [0.15, 0.2) is 0 Å². The van der Waals surface area contributed by atoms with Crippen LogP contribution in [0.15, 0.2) is 53.5 Å². The normalized spacial score (nSPS) is 12.3. The van der Waals surface area contributed by atoms with Crippen molar-refractivity contribution in [3.05, 3.63) is 63.6 Å². The fourth-order valence-electron chi connectivity index (χ4n) is 4.22. The number of ether oxygens (including phenoxy) is 2. The molecule has 4 rings (SSSR count). The van der Waals surface area contributed by atoms with Crippen molar-refractivity contribution in [1.82, 2.24) is 15.6 Å². The Morgan fingerprint density at radius 2 is 1.42 bits per heavy atom. The van der Waals surface area contributed by atoms with Gasteiger partial charge < -0.3 is 25.1 Å². The van der Waals surface area contributed by atoms with Gasteiger partial charge in [0.1, 0.15) is 11.2 Å². The van der Waals surface area contributed by atoms with E-state index in [-0.39, 0.29) is 12.5 Å². The van der Waals surface area contributed by atoms with Crippen LogP contribution in [0, 0.1) is 0 Å². The number of nitrogens with zero attached hydrogens (tertiary/aromatic N) is 1. The van der Waals surface area contributed by atoms with Crippen LogP contribution >= 0.6 is 34.8 Å². The zero-order valence-electron chi connectivity index (χ0n) is 24.7. The van der Waals surface area contributed by atoms with Crippen LogP contribution in [0.4, 0.5) is 15.3 Å². The Labute approximate surface area is 265 Å². The van der Waals surface area contributed by atoms with Gasteiger partial charge in [-0.1, -0.05) is 46.9 Å². The molecule has 0 aliphatic rings. The number of amides is 2. The average Bonchev–Trinajstić information content (AvgIpc) is 3.20. The Balaban J connectivity index is 1.59. The molecular formula is C31H34Cl3N5O4. The number of carbonyl (C=O) groups excluding carboxylic acids is 2. The lowest BCUT2D eigenvalue weighted by Gasteiger charge is -2.21. The third kappa shape index (κ3) is 8.92. The first-order valence-electron chi connectivity index (χ1n) is 13.6. The van der Waals surface area contributed by atoms with Crippen LogP contribution in [0.1, 0.15) is 41.5 Å². The molecule has 0 unspecified atom stereocenters. The molecule has 0 atom stereocenters. The Hall–Kier alpha value is -3.66. The number of anilines is 1. The molecule has 3 aromatic carbocycles. The molecule has 43 heavy (non-hydrogen) atoms. The summed E-state index contributed by atoms with van der Waals surface area (Å²) < 4.78 is 10.6. The topological polar surface area (TPSA) is 117 Å². The van der Waals surface area contributed by atoms with Crippen LogP contribution in [0.25, 0.3) is 32.9 Å². The minimum atomic E-state index is -0.854. The summed E-state index contributed by atoms with van der Waals surface area (Å²) in [7, 11) is 0. The number of alkyl carbamates (subject to hydrolysis) is 1. The van der Waals surface area contributed by atoms with Crippen LogP contribution in [0.2, 0.25) is 15.1 Å². The molecule has 0 spiro atoms. The highest BCUT2D eigenvalue weighted by Gasteiger charge is 2.20. The van der Waals surface area contributed by atoms with Gasteiger partial charge in [0, 0.05) is 51.2 Å². The van der Waals surface area contributed by atoms with E-state index in [4.69, 9.17) is 44.3 Å². The SMILES string of the molecule is CC(C)(C)OC(=O)/N=C(/NCCNc1cc2c(cc1-c1ccc(Cl)cc1)[nH]c1cc(Cl)c(Cl)cc12)NC(=O)OC(C)(C)C. The van der Waals surface area contributed by atoms with E-state index in [0.717, 1.165) is 38.6 Å². The number of nitrogens with one attached hydrogen (secondary N) is 4. The summed E-state index contributed by atoms with van der Waals surface area (Å²) in [6.45, 7) is 11.1. The van der Waals surface area contributed by atoms with Gasteiger partial charge in [0.05, 0.1) is 10.0 Å². The summed E-state index contributed by atoms with van der Waals surface area (Å²) in [6, 6.07) is 15.3. The predicted octanol–water partition coefficient (Wildman–Crippen LogP) is 8.77. The first-order valence-corrected chi connectivity index (χ1v) is 14.7. The van der Waals surface area contributed by atoms with Crippen molar-refractivity contribution in [1.29, 1.82) is 0 Å². The van der Waals surface area contributed by atoms with Gasteiger partial charge in [0.2, 0.25) is 5.96 Å². The number of fused-ring (bicyclic) bond motifs is 3. The number of rotatable bonds is 5. The Morgan fingerprint density at radius 1 is 0.814 bits per heavy atom. The van der Waals surface area contributed by atoms with Crippen molar-refractivity contribution in [2.24, 2.45) is 4.99 Å². The number of carbonyl (C=O) groups is 2. The average molecular weight is 647 g/mol. The Morgan fingerprint density at radius 3 is 2.07 bits per heavy atom. The molecule has 2 amide bonds. The maximum atomic E-state index is 12.4. The molecule has 1 aromatic heterocycles. The largest absolute Gasteiger partial charge is 0.444 e. The maximum Gasteiger partial charge on any atom is 0.437 e. The summed E-state index contributed by atoms with van der Waals surface area (Å²) in [5.41, 5.74) is 3.01. The lowest BCUT2D eigenvalue weighted by Crippen LogP contribution is -2.45. The zero-order valence-corrected chi connectivity index (χ0v) is 27.0. The molecule has 1 heterocycles. The molecular weight excluding hydrogens is 613 g/mol. The molecule has 0 saturated heterocycles. The summed E-state index contributed by atoms with van der Waals surface area (Å²) in [5, 5.41) is 12.4. The molecule has 0 radical (unpaired) electrons. The Bertz CT molecular complexity index is 1690. The highest BCUT2D eigenvalue weighted by atomic mass is 35.5. The van der Waals surface area contributed by atoms with E-state index < -0.39 is 23.4 Å². The number of aromatic amines is 1. The Kier molecular flexibility index (Phi) is 9.69. The lowest BCUT2D eigenvalue weighted by molar-refractivity contribution is 0.0560. The maximum absolute atomic E-state index is 12.4. The molecule has 0 aliphatic carbocycles. The van der Waals surface area contributed by atoms with E-state index in [0.29, 0.717) is 21.6 Å². The van der Waals surface area contributed by atoms with Gasteiger partial charge in [0.25, 0.3) is 0 Å². The number of H-pyrrole nitrogens is 1. The van der Waals surface area contributed by atoms with Crippen LogP contribution in [-0.4, -0.2) is 47.4 Å². The summed E-state index contributed by atoms with van der Waals surface area (Å²) in [6.07, 6.45) is -1.61. The highest BCUT2D eigenvalue weighted by molar-refractivity contribution is 6.43. The van der Waals surface area contributed by atoms with E-state index in [9.17, 15) is 9.59 Å².